The molecule has 2 rings (SSSR count). The summed E-state index contributed by atoms with van der Waals surface area (Å²) in [6.45, 7) is 4.74. The average molecular weight is 209 g/mol. The molecule has 1 aromatic rings. The number of carbonyl (C=O) groups is 1. The first-order valence-electron chi connectivity index (χ1n) is 5.03. The zero-order valence-corrected chi connectivity index (χ0v) is 8.93. The zero-order chi connectivity index (χ0) is 11.1. The van der Waals surface area contributed by atoms with Gasteiger partial charge in [-0.25, -0.2) is 0 Å². The summed E-state index contributed by atoms with van der Waals surface area (Å²) in [6.07, 6.45) is 1.49. The lowest BCUT2D eigenvalue weighted by molar-refractivity contribution is -0.0514. The van der Waals surface area contributed by atoms with Crippen LogP contribution in [0.3, 0.4) is 0 Å². The van der Waals surface area contributed by atoms with Crippen LogP contribution in [0.15, 0.2) is 22.8 Å². The molecule has 0 aliphatic carbocycles. The van der Waals surface area contributed by atoms with Gasteiger partial charge in [-0.05, 0) is 26.0 Å². The Balaban J connectivity index is 1.93. The summed E-state index contributed by atoms with van der Waals surface area (Å²) in [5.74, 6) is 0.432. The number of aliphatic hydroxyl groups is 1. The normalized spacial score (nSPS) is 17.7. The topological polar surface area (TPSA) is 53.7 Å². The van der Waals surface area contributed by atoms with Crippen LogP contribution in [0.4, 0.5) is 0 Å². The van der Waals surface area contributed by atoms with Gasteiger partial charge in [0.25, 0.3) is 5.91 Å². The Morgan fingerprint density at radius 2 is 2.27 bits per heavy atom. The molecule has 0 atom stereocenters. The third kappa shape index (κ3) is 1.90. The maximum Gasteiger partial charge on any atom is 0.289 e. The molecule has 0 aromatic carbocycles. The highest BCUT2D eigenvalue weighted by Crippen LogP contribution is 2.28. The van der Waals surface area contributed by atoms with Crippen LogP contribution in [0.25, 0.3) is 0 Å². The molecule has 0 saturated carbocycles. The molecule has 0 unspecified atom stereocenters. The second kappa shape index (κ2) is 3.38. The van der Waals surface area contributed by atoms with Gasteiger partial charge in [0.15, 0.2) is 5.76 Å². The van der Waals surface area contributed by atoms with Gasteiger partial charge in [0.1, 0.15) is 0 Å². The molecule has 1 N–H and O–H groups in total. The van der Waals surface area contributed by atoms with E-state index in [1.807, 2.05) is 0 Å². The van der Waals surface area contributed by atoms with Gasteiger partial charge in [-0.15, -0.1) is 0 Å². The summed E-state index contributed by atoms with van der Waals surface area (Å²) in [5.41, 5.74) is -0.708. The molecular formula is C11H15NO3. The number of furan rings is 1. The largest absolute Gasteiger partial charge is 0.459 e. The average Bonchev–Trinajstić information content (AvgIpc) is 2.48. The van der Waals surface area contributed by atoms with E-state index in [0.717, 1.165) is 0 Å². The number of hydrogen-bond donors (Lipinski definition) is 1. The predicted molar refractivity (Wildman–Crippen MR) is 54.4 cm³/mol. The number of likely N-dealkylation sites (tertiary alicyclic amines) is 1. The molecule has 1 aromatic heterocycles. The molecule has 4 nitrogen and oxygen atoms in total. The summed E-state index contributed by atoms with van der Waals surface area (Å²) >= 11 is 0. The lowest BCUT2D eigenvalue weighted by Crippen LogP contribution is -2.57. The fourth-order valence-electron chi connectivity index (χ4n) is 1.65. The summed E-state index contributed by atoms with van der Waals surface area (Å²) in [7, 11) is 0. The van der Waals surface area contributed by atoms with Gasteiger partial charge in [-0.2, -0.15) is 0 Å². The van der Waals surface area contributed by atoms with Gasteiger partial charge in [0.2, 0.25) is 0 Å². The van der Waals surface area contributed by atoms with E-state index in [2.05, 4.69) is 0 Å². The highest BCUT2D eigenvalue weighted by molar-refractivity contribution is 5.92. The van der Waals surface area contributed by atoms with E-state index in [1.165, 1.54) is 6.26 Å². The fraction of sp³-hybridized carbons (Fsp3) is 0.545. The van der Waals surface area contributed by atoms with Gasteiger partial charge in [0.05, 0.1) is 11.9 Å². The molecule has 1 saturated heterocycles. The van der Waals surface area contributed by atoms with Crippen molar-refractivity contribution in [3.05, 3.63) is 24.2 Å². The number of amides is 1. The van der Waals surface area contributed by atoms with E-state index in [4.69, 9.17) is 4.42 Å². The van der Waals surface area contributed by atoms with Gasteiger partial charge < -0.3 is 14.4 Å². The molecule has 0 radical (unpaired) electrons. The lowest BCUT2D eigenvalue weighted by Gasteiger charge is -2.44. The molecule has 4 heteroatoms. The van der Waals surface area contributed by atoms with Gasteiger partial charge in [-0.1, -0.05) is 0 Å². The van der Waals surface area contributed by atoms with E-state index < -0.39 is 5.60 Å². The summed E-state index contributed by atoms with van der Waals surface area (Å²) in [4.78, 5) is 13.4. The predicted octanol–water partition coefficient (Wildman–Crippen LogP) is 1.12. The van der Waals surface area contributed by atoms with Crippen molar-refractivity contribution in [3.63, 3.8) is 0 Å². The van der Waals surface area contributed by atoms with Crippen molar-refractivity contribution in [2.75, 3.05) is 13.1 Å². The van der Waals surface area contributed by atoms with Crippen LogP contribution >= 0.6 is 0 Å². The first kappa shape index (κ1) is 10.2. The zero-order valence-electron chi connectivity index (χ0n) is 8.93. The van der Waals surface area contributed by atoms with Crippen molar-refractivity contribution in [2.24, 2.45) is 5.92 Å². The third-order valence-corrected chi connectivity index (χ3v) is 2.90. The quantitative estimate of drug-likeness (QED) is 0.794. The Morgan fingerprint density at radius 1 is 1.60 bits per heavy atom. The fourth-order valence-corrected chi connectivity index (χ4v) is 1.65. The lowest BCUT2D eigenvalue weighted by atomic mass is 9.84. The SMILES string of the molecule is CC(C)(O)C1CN(C(=O)c2ccco2)C1. The molecule has 82 valence electrons. The first-order chi connectivity index (χ1) is 6.98. The molecule has 0 spiro atoms. The van der Waals surface area contributed by atoms with Crippen LogP contribution in [-0.4, -0.2) is 34.6 Å². The summed E-state index contributed by atoms with van der Waals surface area (Å²) in [6, 6.07) is 3.35. The van der Waals surface area contributed by atoms with Crippen molar-refractivity contribution in [2.45, 2.75) is 19.4 Å². The maximum absolute atomic E-state index is 11.7. The van der Waals surface area contributed by atoms with E-state index in [9.17, 15) is 9.90 Å². The molecule has 2 heterocycles. The first-order valence-corrected chi connectivity index (χ1v) is 5.03. The Bertz CT molecular complexity index is 344. The van der Waals surface area contributed by atoms with E-state index in [1.54, 1.807) is 30.9 Å². The van der Waals surface area contributed by atoms with Crippen LogP contribution < -0.4 is 0 Å². The molecule has 1 aliphatic heterocycles. The number of rotatable bonds is 2. The minimum atomic E-state index is -0.708. The van der Waals surface area contributed by atoms with E-state index >= 15 is 0 Å². The minimum absolute atomic E-state index is 0.0968. The van der Waals surface area contributed by atoms with Crippen LogP contribution in [0.1, 0.15) is 24.4 Å². The molecular weight excluding hydrogens is 194 g/mol. The number of nitrogens with zero attached hydrogens (tertiary/aromatic N) is 1. The van der Waals surface area contributed by atoms with Crippen molar-refractivity contribution in [3.8, 4) is 0 Å². The second-order valence-corrected chi connectivity index (χ2v) is 4.54. The van der Waals surface area contributed by atoms with Gasteiger partial charge in [0, 0.05) is 19.0 Å². The Kier molecular flexibility index (Phi) is 2.31. The van der Waals surface area contributed by atoms with E-state index in [0.29, 0.717) is 18.8 Å². The molecule has 1 amide bonds. The molecule has 15 heavy (non-hydrogen) atoms. The van der Waals surface area contributed by atoms with Crippen molar-refractivity contribution >= 4 is 5.91 Å². The minimum Gasteiger partial charge on any atom is -0.459 e. The van der Waals surface area contributed by atoms with E-state index in [-0.39, 0.29) is 11.8 Å². The van der Waals surface area contributed by atoms with Crippen molar-refractivity contribution in [1.82, 2.24) is 4.90 Å². The van der Waals surface area contributed by atoms with Crippen LogP contribution in [0, 0.1) is 5.92 Å². The molecule has 1 fully saturated rings. The Hall–Kier alpha value is -1.29. The summed E-state index contributed by atoms with van der Waals surface area (Å²) in [5, 5.41) is 9.71. The number of carbonyl (C=O) groups excluding carboxylic acids is 1. The van der Waals surface area contributed by atoms with Crippen molar-refractivity contribution < 1.29 is 14.3 Å². The summed E-state index contributed by atoms with van der Waals surface area (Å²) < 4.78 is 5.02. The van der Waals surface area contributed by atoms with Gasteiger partial charge in [-0.3, -0.25) is 4.79 Å². The standard InChI is InChI=1S/C11H15NO3/c1-11(2,14)8-6-12(7-8)10(13)9-4-3-5-15-9/h3-5,8,14H,6-7H2,1-2H3. The third-order valence-electron chi connectivity index (χ3n) is 2.90. The maximum atomic E-state index is 11.7. The van der Waals surface area contributed by atoms with Crippen LogP contribution in [0.5, 0.6) is 0 Å². The molecule has 0 bridgehead atoms. The highest BCUT2D eigenvalue weighted by Gasteiger charge is 2.40. The second-order valence-electron chi connectivity index (χ2n) is 4.54. The van der Waals surface area contributed by atoms with Gasteiger partial charge >= 0.3 is 0 Å². The number of hydrogen-bond acceptors (Lipinski definition) is 3. The van der Waals surface area contributed by atoms with Crippen molar-refractivity contribution in [1.29, 1.82) is 0 Å². The highest BCUT2D eigenvalue weighted by atomic mass is 16.3. The van der Waals surface area contributed by atoms with Crippen LogP contribution in [0.2, 0.25) is 0 Å². The smallest absolute Gasteiger partial charge is 0.289 e. The monoisotopic (exact) mass is 209 g/mol. The molecule has 1 aliphatic rings. The Labute approximate surface area is 88.5 Å². The Morgan fingerprint density at radius 3 is 2.73 bits per heavy atom. The van der Waals surface area contributed by atoms with Crippen LogP contribution in [-0.2, 0) is 0 Å².